The Balaban J connectivity index is 1.22. The number of hydrogen-bond acceptors (Lipinski definition) is 3. The second-order valence-corrected chi connectivity index (χ2v) is 12.9. The molecule has 0 aromatic heterocycles. The SMILES string of the molecule is CCCCCCC[C@H]1CC[C@H](CCCOc2ccc(OC(=O)[C@H]3CC[C@H](CCCCCCC)CC3)cc2)CC1. The molecule has 222 valence electrons. The molecule has 0 aliphatic heterocycles. The van der Waals surface area contributed by atoms with Crippen molar-refractivity contribution in [1.29, 1.82) is 0 Å². The van der Waals surface area contributed by atoms with Crippen LogP contribution in [0.25, 0.3) is 0 Å². The summed E-state index contributed by atoms with van der Waals surface area (Å²) in [5.74, 6) is 4.25. The molecule has 3 nitrogen and oxygen atoms in total. The van der Waals surface area contributed by atoms with Gasteiger partial charge in [0, 0.05) is 0 Å². The van der Waals surface area contributed by atoms with E-state index < -0.39 is 0 Å². The second-order valence-electron chi connectivity index (χ2n) is 12.9. The van der Waals surface area contributed by atoms with E-state index in [0.717, 1.165) is 49.4 Å². The van der Waals surface area contributed by atoms with Crippen LogP contribution < -0.4 is 9.47 Å². The van der Waals surface area contributed by atoms with Crippen molar-refractivity contribution in [3.63, 3.8) is 0 Å². The van der Waals surface area contributed by atoms with Gasteiger partial charge in [0.1, 0.15) is 11.5 Å². The number of benzene rings is 1. The fourth-order valence-corrected chi connectivity index (χ4v) is 6.93. The largest absolute Gasteiger partial charge is 0.494 e. The Morgan fingerprint density at radius 2 is 1.03 bits per heavy atom. The van der Waals surface area contributed by atoms with Crippen molar-refractivity contribution in [1.82, 2.24) is 0 Å². The monoisotopic (exact) mass is 540 g/mol. The van der Waals surface area contributed by atoms with E-state index in [-0.39, 0.29) is 11.9 Å². The molecule has 0 saturated heterocycles. The molecule has 2 aliphatic carbocycles. The third-order valence-electron chi connectivity index (χ3n) is 9.65. The van der Waals surface area contributed by atoms with E-state index in [1.807, 2.05) is 24.3 Å². The Morgan fingerprint density at radius 1 is 0.590 bits per heavy atom. The Morgan fingerprint density at radius 3 is 1.54 bits per heavy atom. The third kappa shape index (κ3) is 13.1. The van der Waals surface area contributed by atoms with Crippen molar-refractivity contribution in [3.05, 3.63) is 24.3 Å². The van der Waals surface area contributed by atoms with E-state index in [4.69, 9.17) is 9.47 Å². The number of esters is 1. The molecule has 39 heavy (non-hydrogen) atoms. The van der Waals surface area contributed by atoms with Crippen molar-refractivity contribution in [2.75, 3.05) is 6.61 Å². The zero-order valence-corrected chi connectivity index (χ0v) is 25.6. The highest BCUT2D eigenvalue weighted by Gasteiger charge is 2.27. The van der Waals surface area contributed by atoms with E-state index in [1.165, 1.54) is 122 Å². The molecular weight excluding hydrogens is 480 g/mol. The van der Waals surface area contributed by atoms with Gasteiger partial charge >= 0.3 is 5.97 Å². The molecule has 0 heterocycles. The minimum Gasteiger partial charge on any atom is -0.494 e. The predicted molar refractivity (Wildman–Crippen MR) is 164 cm³/mol. The van der Waals surface area contributed by atoms with Crippen LogP contribution in [0.1, 0.15) is 155 Å². The molecule has 0 radical (unpaired) electrons. The van der Waals surface area contributed by atoms with E-state index in [2.05, 4.69) is 13.8 Å². The maximum Gasteiger partial charge on any atom is 0.314 e. The molecule has 1 aromatic rings. The molecule has 2 saturated carbocycles. The molecule has 3 heteroatoms. The van der Waals surface area contributed by atoms with Crippen LogP contribution in [0.15, 0.2) is 24.3 Å². The van der Waals surface area contributed by atoms with Crippen LogP contribution in [-0.2, 0) is 4.79 Å². The van der Waals surface area contributed by atoms with Gasteiger partial charge in [0.25, 0.3) is 0 Å². The summed E-state index contributed by atoms with van der Waals surface area (Å²) in [4.78, 5) is 12.7. The lowest BCUT2D eigenvalue weighted by molar-refractivity contribution is -0.140. The van der Waals surface area contributed by atoms with Crippen molar-refractivity contribution < 1.29 is 14.3 Å². The van der Waals surface area contributed by atoms with Gasteiger partial charge in [-0.1, -0.05) is 117 Å². The number of carbonyl (C=O) groups is 1. The molecule has 2 fully saturated rings. The highest BCUT2D eigenvalue weighted by atomic mass is 16.5. The minimum absolute atomic E-state index is 0.0451. The number of carbonyl (C=O) groups excluding carboxylic acids is 1. The standard InChI is InChI=1S/C36H60O3/c1-3-5-7-9-11-14-30-17-19-32(20-18-30)16-13-29-38-34-25-27-35(28-26-34)39-36(37)33-23-21-31(22-24-33)15-12-10-8-6-4-2/h25-28,30-33H,3-24,29H2,1-2H3/t30-,31-,32-,33-. The van der Waals surface area contributed by atoms with Crippen molar-refractivity contribution >= 4 is 5.97 Å². The molecule has 0 spiro atoms. The first kappa shape index (κ1) is 32.0. The maximum absolute atomic E-state index is 12.7. The Bertz CT molecular complexity index is 741. The van der Waals surface area contributed by atoms with Gasteiger partial charge in [-0.3, -0.25) is 4.79 Å². The lowest BCUT2D eigenvalue weighted by atomic mass is 9.78. The molecule has 0 N–H and O–H groups in total. The summed E-state index contributed by atoms with van der Waals surface area (Å²) in [5, 5.41) is 0. The summed E-state index contributed by atoms with van der Waals surface area (Å²) in [6.07, 6.45) is 29.1. The number of rotatable bonds is 19. The van der Waals surface area contributed by atoms with E-state index in [9.17, 15) is 4.79 Å². The zero-order chi connectivity index (χ0) is 27.5. The van der Waals surface area contributed by atoms with Gasteiger partial charge < -0.3 is 9.47 Å². The summed E-state index contributed by atoms with van der Waals surface area (Å²) >= 11 is 0. The van der Waals surface area contributed by atoms with Crippen molar-refractivity contribution in [3.8, 4) is 11.5 Å². The van der Waals surface area contributed by atoms with Crippen LogP contribution in [0, 0.1) is 23.7 Å². The summed E-state index contributed by atoms with van der Waals surface area (Å²) in [6, 6.07) is 7.67. The summed E-state index contributed by atoms with van der Waals surface area (Å²) in [5.41, 5.74) is 0. The second kappa shape index (κ2) is 19.5. The maximum atomic E-state index is 12.7. The van der Waals surface area contributed by atoms with Gasteiger partial charge in [-0.15, -0.1) is 0 Å². The average molecular weight is 541 g/mol. The van der Waals surface area contributed by atoms with Gasteiger partial charge in [0.15, 0.2) is 0 Å². The molecule has 2 aliphatic rings. The van der Waals surface area contributed by atoms with E-state index >= 15 is 0 Å². The molecule has 3 rings (SSSR count). The van der Waals surface area contributed by atoms with Crippen LogP contribution in [0.3, 0.4) is 0 Å². The lowest BCUT2D eigenvalue weighted by Gasteiger charge is -2.28. The number of unbranched alkanes of at least 4 members (excludes halogenated alkanes) is 8. The van der Waals surface area contributed by atoms with Crippen molar-refractivity contribution in [2.24, 2.45) is 23.7 Å². The van der Waals surface area contributed by atoms with E-state index in [1.54, 1.807) is 0 Å². The van der Waals surface area contributed by atoms with Gasteiger partial charge in [-0.05, 0) is 80.5 Å². The Hall–Kier alpha value is -1.51. The Labute approximate surface area is 241 Å². The van der Waals surface area contributed by atoms with Gasteiger partial charge in [-0.25, -0.2) is 0 Å². The average Bonchev–Trinajstić information content (AvgIpc) is 2.97. The number of hydrogen-bond donors (Lipinski definition) is 0. The summed E-state index contributed by atoms with van der Waals surface area (Å²) in [6.45, 7) is 5.34. The fourth-order valence-electron chi connectivity index (χ4n) is 6.93. The molecule has 0 bridgehead atoms. The molecule has 0 amide bonds. The van der Waals surface area contributed by atoms with Gasteiger partial charge in [-0.2, -0.15) is 0 Å². The molecule has 1 aromatic carbocycles. The zero-order valence-electron chi connectivity index (χ0n) is 25.6. The van der Waals surface area contributed by atoms with E-state index in [0.29, 0.717) is 5.75 Å². The van der Waals surface area contributed by atoms with Gasteiger partial charge in [0.05, 0.1) is 12.5 Å². The lowest BCUT2D eigenvalue weighted by Crippen LogP contribution is -2.25. The third-order valence-corrected chi connectivity index (χ3v) is 9.65. The van der Waals surface area contributed by atoms with Gasteiger partial charge in [0.2, 0.25) is 0 Å². The first-order valence-corrected chi connectivity index (χ1v) is 17.1. The molecule has 0 unspecified atom stereocenters. The number of ether oxygens (including phenoxy) is 2. The van der Waals surface area contributed by atoms with Crippen LogP contribution in [0.5, 0.6) is 11.5 Å². The predicted octanol–water partition coefficient (Wildman–Crippen LogP) is 11.1. The van der Waals surface area contributed by atoms with Crippen LogP contribution in [0.2, 0.25) is 0 Å². The molecule has 0 atom stereocenters. The molecular formula is C36H60O3. The first-order valence-electron chi connectivity index (χ1n) is 17.1. The van der Waals surface area contributed by atoms with Crippen LogP contribution >= 0.6 is 0 Å². The fraction of sp³-hybridized carbons (Fsp3) is 0.806. The quantitative estimate of drug-likeness (QED) is 0.0994. The van der Waals surface area contributed by atoms with Crippen LogP contribution in [0.4, 0.5) is 0 Å². The Kier molecular flexibility index (Phi) is 16.0. The van der Waals surface area contributed by atoms with Crippen LogP contribution in [-0.4, -0.2) is 12.6 Å². The smallest absolute Gasteiger partial charge is 0.314 e. The summed E-state index contributed by atoms with van der Waals surface area (Å²) < 4.78 is 11.7. The van der Waals surface area contributed by atoms with Crippen molar-refractivity contribution in [2.45, 2.75) is 155 Å². The summed E-state index contributed by atoms with van der Waals surface area (Å²) in [7, 11) is 0. The minimum atomic E-state index is -0.0451. The first-order chi connectivity index (χ1) is 19.2. The highest BCUT2D eigenvalue weighted by molar-refractivity contribution is 5.75. The highest BCUT2D eigenvalue weighted by Crippen LogP contribution is 2.35. The topological polar surface area (TPSA) is 35.5 Å². The normalized spacial score (nSPS) is 23.4.